The Kier molecular flexibility index (Phi) is 4.54. The van der Waals surface area contributed by atoms with Gasteiger partial charge in [-0.15, -0.1) is 0 Å². The minimum Gasteiger partial charge on any atom is -0.444 e. The lowest BCUT2D eigenvalue weighted by molar-refractivity contribution is -0.0121. The normalized spacial score (nSPS) is 20.8. The summed E-state index contributed by atoms with van der Waals surface area (Å²) in [6, 6.07) is 5.05. The minimum absolute atomic E-state index is 0.202. The highest BCUT2D eigenvalue weighted by Crippen LogP contribution is 2.56. The third-order valence-corrected chi connectivity index (χ3v) is 5.54. The Morgan fingerprint density at radius 1 is 1.29 bits per heavy atom. The van der Waals surface area contributed by atoms with Crippen molar-refractivity contribution in [3.8, 4) is 0 Å². The average molecular weight is 354 g/mol. The van der Waals surface area contributed by atoms with Crippen LogP contribution in [0.25, 0.3) is 0 Å². The highest BCUT2D eigenvalue weighted by Gasteiger charge is 2.47. The van der Waals surface area contributed by atoms with Crippen molar-refractivity contribution >= 4 is 17.7 Å². The summed E-state index contributed by atoms with van der Waals surface area (Å²) in [6.07, 6.45) is 4.00. The largest absolute Gasteiger partial charge is 0.444 e. The Labute approximate surface area is 148 Å². The summed E-state index contributed by atoms with van der Waals surface area (Å²) in [7, 11) is 0. The van der Waals surface area contributed by atoms with Crippen LogP contribution in [0.15, 0.2) is 18.2 Å². The molecule has 0 atom stereocenters. The van der Waals surface area contributed by atoms with Crippen molar-refractivity contribution in [1.82, 2.24) is 4.90 Å². The van der Waals surface area contributed by atoms with Crippen molar-refractivity contribution in [2.45, 2.75) is 58.0 Å². The summed E-state index contributed by atoms with van der Waals surface area (Å²) in [5, 5.41) is 0.202. The third-order valence-electron chi connectivity index (χ3n) is 5.25. The molecule has 24 heavy (non-hydrogen) atoms. The van der Waals surface area contributed by atoms with Crippen molar-refractivity contribution in [2.24, 2.45) is 5.41 Å². The van der Waals surface area contributed by atoms with Gasteiger partial charge in [-0.05, 0) is 75.5 Å². The second kappa shape index (κ2) is 6.21. The van der Waals surface area contributed by atoms with E-state index in [4.69, 9.17) is 16.3 Å². The van der Waals surface area contributed by atoms with Gasteiger partial charge >= 0.3 is 6.09 Å². The molecule has 0 bridgehead atoms. The van der Waals surface area contributed by atoms with Crippen molar-refractivity contribution in [1.29, 1.82) is 0 Å². The topological polar surface area (TPSA) is 29.5 Å². The van der Waals surface area contributed by atoms with Crippen LogP contribution in [0.4, 0.5) is 9.18 Å². The highest BCUT2D eigenvalue weighted by atomic mass is 35.5. The number of carbonyl (C=O) groups is 1. The lowest BCUT2D eigenvalue weighted by Crippen LogP contribution is -2.49. The van der Waals surface area contributed by atoms with Gasteiger partial charge in [0.1, 0.15) is 11.4 Å². The zero-order chi connectivity index (χ0) is 17.5. The summed E-state index contributed by atoms with van der Waals surface area (Å²) in [4.78, 5) is 14.0. The Morgan fingerprint density at radius 3 is 2.46 bits per heavy atom. The maximum Gasteiger partial charge on any atom is 0.410 e. The molecule has 3 nitrogen and oxygen atoms in total. The molecule has 1 saturated heterocycles. The van der Waals surface area contributed by atoms with Gasteiger partial charge in [0.25, 0.3) is 0 Å². The summed E-state index contributed by atoms with van der Waals surface area (Å²) < 4.78 is 18.7. The van der Waals surface area contributed by atoms with Gasteiger partial charge in [-0.3, -0.25) is 0 Å². The van der Waals surface area contributed by atoms with Gasteiger partial charge in [-0.25, -0.2) is 9.18 Å². The number of carbonyl (C=O) groups excluding carboxylic acids is 1. The van der Waals surface area contributed by atoms with Crippen LogP contribution in [0.3, 0.4) is 0 Å². The molecule has 1 aromatic rings. The molecule has 2 fully saturated rings. The van der Waals surface area contributed by atoms with Crippen LogP contribution >= 0.6 is 11.6 Å². The molecule has 1 amide bonds. The van der Waals surface area contributed by atoms with Gasteiger partial charge in [0.2, 0.25) is 0 Å². The molecule has 1 heterocycles. The molecule has 3 rings (SSSR count). The molecule has 5 heteroatoms. The molecular weight excluding hydrogens is 329 g/mol. The maximum atomic E-state index is 13.3. The van der Waals surface area contributed by atoms with E-state index in [0.29, 0.717) is 11.3 Å². The van der Waals surface area contributed by atoms with Gasteiger partial charge in [-0.2, -0.15) is 0 Å². The van der Waals surface area contributed by atoms with Crippen LogP contribution in [0.1, 0.15) is 57.9 Å². The SMILES string of the molecule is CC(C)(C)OC(=O)N1CCC2(CC1)CC(c1ccc(F)c(Cl)c1)C2. The second-order valence-electron chi connectivity index (χ2n) is 8.25. The lowest BCUT2D eigenvalue weighted by atomic mass is 9.56. The van der Waals surface area contributed by atoms with Gasteiger partial charge in [-0.1, -0.05) is 17.7 Å². The molecule has 2 aliphatic rings. The van der Waals surface area contributed by atoms with E-state index in [1.807, 2.05) is 31.7 Å². The number of hydrogen-bond acceptors (Lipinski definition) is 2. The maximum absolute atomic E-state index is 13.3. The Morgan fingerprint density at radius 2 is 1.92 bits per heavy atom. The first-order chi connectivity index (χ1) is 11.2. The fourth-order valence-corrected chi connectivity index (χ4v) is 4.07. The Balaban J connectivity index is 1.53. The number of halogens is 2. The zero-order valence-electron chi connectivity index (χ0n) is 14.6. The predicted molar refractivity (Wildman–Crippen MR) is 92.9 cm³/mol. The Bertz CT molecular complexity index is 625. The first-order valence-electron chi connectivity index (χ1n) is 8.60. The van der Waals surface area contributed by atoms with Crippen LogP contribution in [0.5, 0.6) is 0 Å². The first-order valence-corrected chi connectivity index (χ1v) is 8.98. The monoisotopic (exact) mass is 353 g/mol. The molecular formula is C19H25ClFNO2. The summed E-state index contributed by atoms with van der Waals surface area (Å²) in [5.41, 5.74) is 1.00. The first kappa shape index (κ1) is 17.5. The van der Waals surface area contributed by atoms with Crippen LogP contribution < -0.4 is 0 Å². The van der Waals surface area contributed by atoms with Crippen molar-refractivity contribution in [3.63, 3.8) is 0 Å². The number of rotatable bonds is 1. The number of likely N-dealkylation sites (tertiary alicyclic amines) is 1. The molecule has 1 spiro atoms. The van der Waals surface area contributed by atoms with Crippen LogP contribution in [0, 0.1) is 11.2 Å². The molecule has 1 aliphatic heterocycles. The minimum atomic E-state index is -0.449. The van der Waals surface area contributed by atoms with E-state index in [0.717, 1.165) is 44.3 Å². The lowest BCUT2D eigenvalue weighted by Gasteiger charge is -2.52. The number of amides is 1. The zero-order valence-corrected chi connectivity index (χ0v) is 15.3. The fraction of sp³-hybridized carbons (Fsp3) is 0.632. The van der Waals surface area contributed by atoms with Gasteiger partial charge in [0.05, 0.1) is 5.02 Å². The molecule has 0 aromatic heterocycles. The van der Waals surface area contributed by atoms with Crippen LogP contribution in [-0.2, 0) is 4.74 Å². The van der Waals surface area contributed by atoms with Gasteiger partial charge < -0.3 is 9.64 Å². The van der Waals surface area contributed by atoms with E-state index in [-0.39, 0.29) is 16.9 Å². The van der Waals surface area contributed by atoms with E-state index in [9.17, 15) is 9.18 Å². The molecule has 0 unspecified atom stereocenters. The standard InChI is InChI=1S/C19H25ClFNO2/c1-18(2,3)24-17(23)22-8-6-19(7-9-22)11-14(12-19)13-4-5-16(21)15(20)10-13/h4-5,10,14H,6-9,11-12H2,1-3H3. The van der Waals surface area contributed by atoms with Crippen molar-refractivity contribution < 1.29 is 13.9 Å². The molecule has 132 valence electrons. The Hall–Kier alpha value is -1.29. The fourth-order valence-electron chi connectivity index (χ4n) is 3.89. The molecule has 0 N–H and O–H groups in total. The van der Waals surface area contributed by atoms with E-state index in [1.54, 1.807) is 6.07 Å². The average Bonchev–Trinajstić information content (AvgIpc) is 2.46. The quantitative estimate of drug-likeness (QED) is 0.678. The molecule has 1 saturated carbocycles. The number of benzene rings is 1. The van der Waals surface area contributed by atoms with E-state index in [1.165, 1.54) is 6.07 Å². The number of piperidine rings is 1. The van der Waals surface area contributed by atoms with E-state index < -0.39 is 5.60 Å². The number of nitrogens with zero attached hydrogens (tertiary/aromatic N) is 1. The van der Waals surface area contributed by atoms with Crippen molar-refractivity contribution in [3.05, 3.63) is 34.6 Å². The summed E-state index contributed by atoms with van der Waals surface area (Å²) in [5.74, 6) is 0.0938. The molecule has 0 radical (unpaired) electrons. The van der Waals surface area contributed by atoms with E-state index in [2.05, 4.69) is 0 Å². The predicted octanol–water partition coefficient (Wildman–Crippen LogP) is 5.37. The highest BCUT2D eigenvalue weighted by molar-refractivity contribution is 6.30. The second-order valence-corrected chi connectivity index (χ2v) is 8.65. The molecule has 1 aromatic carbocycles. The van der Waals surface area contributed by atoms with Crippen LogP contribution in [-0.4, -0.2) is 29.7 Å². The van der Waals surface area contributed by atoms with Crippen LogP contribution in [0.2, 0.25) is 5.02 Å². The van der Waals surface area contributed by atoms with E-state index >= 15 is 0 Å². The van der Waals surface area contributed by atoms with Gasteiger partial charge in [0, 0.05) is 13.1 Å². The van der Waals surface area contributed by atoms with Crippen molar-refractivity contribution in [2.75, 3.05) is 13.1 Å². The summed E-state index contributed by atoms with van der Waals surface area (Å²) in [6.45, 7) is 7.18. The summed E-state index contributed by atoms with van der Waals surface area (Å²) >= 11 is 5.89. The smallest absolute Gasteiger partial charge is 0.410 e. The molecule has 1 aliphatic carbocycles. The number of ether oxygens (including phenoxy) is 1. The number of hydrogen-bond donors (Lipinski definition) is 0. The van der Waals surface area contributed by atoms with Gasteiger partial charge in [0.15, 0.2) is 0 Å². The third kappa shape index (κ3) is 3.69.